The van der Waals surface area contributed by atoms with E-state index in [-0.39, 0.29) is 11.7 Å². The quantitative estimate of drug-likeness (QED) is 0.565. The molecule has 0 aliphatic heterocycles. The third kappa shape index (κ3) is 4.87. The number of carboxylic acid groups (broad SMARTS) is 1. The van der Waals surface area contributed by atoms with E-state index in [9.17, 15) is 4.79 Å². The van der Waals surface area contributed by atoms with E-state index < -0.39 is 5.97 Å². The Balaban J connectivity index is 3.44. The third-order valence-electron chi connectivity index (χ3n) is 1.48. The van der Waals surface area contributed by atoms with Crippen molar-refractivity contribution in [2.45, 2.75) is 13.0 Å². The molecule has 1 unspecified atom stereocenters. The molecule has 0 heterocycles. The van der Waals surface area contributed by atoms with Crippen molar-refractivity contribution in [3.63, 3.8) is 0 Å². The zero-order valence-corrected chi connectivity index (χ0v) is 7.46. The SMILES string of the molecule is C=C(CNCC(C)OC)C(=O)O. The number of carbonyl (C=O) groups is 1. The molecule has 0 bridgehead atoms. The second kappa shape index (κ2) is 5.74. The Hall–Kier alpha value is -0.870. The van der Waals surface area contributed by atoms with Crippen LogP contribution in [0.2, 0.25) is 0 Å². The maximum Gasteiger partial charge on any atom is 0.332 e. The average molecular weight is 173 g/mol. The Kier molecular flexibility index (Phi) is 5.32. The van der Waals surface area contributed by atoms with Gasteiger partial charge in [-0.05, 0) is 6.92 Å². The van der Waals surface area contributed by atoms with Gasteiger partial charge in [0.2, 0.25) is 0 Å². The smallest absolute Gasteiger partial charge is 0.332 e. The Bertz CT molecular complexity index is 168. The number of ether oxygens (including phenoxy) is 1. The van der Waals surface area contributed by atoms with E-state index >= 15 is 0 Å². The summed E-state index contributed by atoms with van der Waals surface area (Å²) in [6.07, 6.45) is 0.0894. The molecule has 0 saturated carbocycles. The van der Waals surface area contributed by atoms with E-state index in [1.54, 1.807) is 7.11 Å². The van der Waals surface area contributed by atoms with E-state index in [1.165, 1.54) is 0 Å². The topological polar surface area (TPSA) is 58.6 Å². The van der Waals surface area contributed by atoms with Crippen LogP contribution in [0, 0.1) is 0 Å². The van der Waals surface area contributed by atoms with Gasteiger partial charge in [-0.3, -0.25) is 0 Å². The summed E-state index contributed by atoms with van der Waals surface area (Å²) in [6.45, 7) is 6.20. The predicted octanol–water partition coefficient (Wildman–Crippen LogP) is 0.252. The molecule has 0 fully saturated rings. The summed E-state index contributed by atoms with van der Waals surface area (Å²) < 4.78 is 4.95. The fraction of sp³-hybridized carbons (Fsp3) is 0.625. The van der Waals surface area contributed by atoms with Crippen LogP contribution in [0.3, 0.4) is 0 Å². The number of hydrogen-bond donors (Lipinski definition) is 2. The lowest BCUT2D eigenvalue weighted by Gasteiger charge is -2.09. The Morgan fingerprint density at radius 1 is 1.75 bits per heavy atom. The molecule has 0 rings (SSSR count). The van der Waals surface area contributed by atoms with E-state index in [1.807, 2.05) is 6.92 Å². The minimum absolute atomic E-state index is 0.0894. The third-order valence-corrected chi connectivity index (χ3v) is 1.48. The minimum Gasteiger partial charge on any atom is -0.478 e. The molecule has 4 heteroatoms. The Morgan fingerprint density at radius 2 is 2.33 bits per heavy atom. The highest BCUT2D eigenvalue weighted by Crippen LogP contribution is 1.88. The van der Waals surface area contributed by atoms with Crippen LogP contribution in [0.5, 0.6) is 0 Å². The highest BCUT2D eigenvalue weighted by atomic mass is 16.5. The van der Waals surface area contributed by atoms with Crippen LogP contribution >= 0.6 is 0 Å². The van der Waals surface area contributed by atoms with Crippen molar-refractivity contribution in [2.24, 2.45) is 0 Å². The van der Waals surface area contributed by atoms with E-state index in [2.05, 4.69) is 11.9 Å². The molecular weight excluding hydrogens is 158 g/mol. The molecule has 0 radical (unpaired) electrons. The summed E-state index contributed by atoms with van der Waals surface area (Å²) in [5.41, 5.74) is 0.165. The zero-order chi connectivity index (χ0) is 9.56. The molecule has 0 aromatic carbocycles. The highest BCUT2D eigenvalue weighted by molar-refractivity contribution is 5.86. The summed E-state index contributed by atoms with van der Waals surface area (Å²) in [5, 5.41) is 11.3. The van der Waals surface area contributed by atoms with Gasteiger partial charge in [-0.1, -0.05) is 6.58 Å². The average Bonchev–Trinajstić information content (AvgIpc) is 2.03. The summed E-state index contributed by atoms with van der Waals surface area (Å²) in [7, 11) is 1.61. The lowest BCUT2D eigenvalue weighted by molar-refractivity contribution is -0.132. The van der Waals surface area contributed by atoms with E-state index in [4.69, 9.17) is 9.84 Å². The number of nitrogens with one attached hydrogen (secondary N) is 1. The van der Waals surface area contributed by atoms with Gasteiger partial charge >= 0.3 is 5.97 Å². The molecule has 0 aliphatic rings. The largest absolute Gasteiger partial charge is 0.478 e. The van der Waals surface area contributed by atoms with Crippen LogP contribution in [0.1, 0.15) is 6.92 Å². The maximum absolute atomic E-state index is 10.3. The monoisotopic (exact) mass is 173 g/mol. The van der Waals surface area contributed by atoms with Gasteiger partial charge in [-0.2, -0.15) is 0 Å². The summed E-state index contributed by atoms with van der Waals surface area (Å²) in [4.78, 5) is 10.3. The van der Waals surface area contributed by atoms with Crippen molar-refractivity contribution in [1.82, 2.24) is 5.32 Å². The molecule has 0 amide bonds. The van der Waals surface area contributed by atoms with Gasteiger partial charge in [0.05, 0.1) is 6.10 Å². The fourth-order valence-corrected chi connectivity index (χ4v) is 0.585. The molecular formula is C8H15NO3. The number of aliphatic carboxylic acids is 1. The molecule has 0 saturated heterocycles. The van der Waals surface area contributed by atoms with Gasteiger partial charge in [-0.15, -0.1) is 0 Å². The van der Waals surface area contributed by atoms with E-state index in [0.29, 0.717) is 13.1 Å². The lowest BCUT2D eigenvalue weighted by Crippen LogP contribution is -2.28. The van der Waals surface area contributed by atoms with Crippen molar-refractivity contribution in [2.75, 3.05) is 20.2 Å². The molecule has 0 aromatic heterocycles. The van der Waals surface area contributed by atoms with Crippen LogP contribution in [0.4, 0.5) is 0 Å². The summed E-state index contributed by atoms with van der Waals surface area (Å²) in [5.74, 6) is -0.965. The van der Waals surface area contributed by atoms with Gasteiger partial charge < -0.3 is 15.2 Å². The van der Waals surface area contributed by atoms with E-state index in [0.717, 1.165) is 0 Å². The van der Waals surface area contributed by atoms with Crippen LogP contribution in [0.15, 0.2) is 12.2 Å². The van der Waals surface area contributed by atoms with Crippen LogP contribution in [-0.2, 0) is 9.53 Å². The summed E-state index contributed by atoms with van der Waals surface area (Å²) in [6, 6.07) is 0. The Morgan fingerprint density at radius 3 is 2.75 bits per heavy atom. The molecule has 0 aliphatic carbocycles. The number of rotatable bonds is 6. The molecule has 12 heavy (non-hydrogen) atoms. The molecule has 0 spiro atoms. The fourth-order valence-electron chi connectivity index (χ4n) is 0.585. The van der Waals surface area contributed by atoms with Crippen molar-refractivity contribution in [3.05, 3.63) is 12.2 Å². The number of hydrogen-bond acceptors (Lipinski definition) is 3. The van der Waals surface area contributed by atoms with Crippen LogP contribution < -0.4 is 5.32 Å². The van der Waals surface area contributed by atoms with Gasteiger partial charge in [-0.25, -0.2) is 4.79 Å². The zero-order valence-electron chi connectivity index (χ0n) is 7.46. The minimum atomic E-state index is -0.965. The first kappa shape index (κ1) is 11.1. The molecule has 70 valence electrons. The van der Waals surface area contributed by atoms with Crippen molar-refractivity contribution >= 4 is 5.97 Å². The molecule has 2 N–H and O–H groups in total. The normalized spacial score (nSPS) is 12.5. The maximum atomic E-state index is 10.3. The summed E-state index contributed by atoms with van der Waals surface area (Å²) >= 11 is 0. The van der Waals surface area contributed by atoms with Crippen molar-refractivity contribution in [1.29, 1.82) is 0 Å². The number of carboxylic acids is 1. The Labute approximate surface area is 72.2 Å². The van der Waals surface area contributed by atoms with Crippen LogP contribution in [-0.4, -0.2) is 37.4 Å². The first-order chi connectivity index (χ1) is 5.57. The molecule has 1 atom stereocenters. The van der Waals surface area contributed by atoms with Crippen LogP contribution in [0.25, 0.3) is 0 Å². The first-order valence-corrected chi connectivity index (χ1v) is 3.72. The standard InChI is InChI=1S/C8H15NO3/c1-6(8(10)11)4-9-5-7(2)12-3/h7,9H,1,4-5H2,2-3H3,(H,10,11). The van der Waals surface area contributed by atoms with Gasteiger partial charge in [0.15, 0.2) is 0 Å². The molecule has 4 nitrogen and oxygen atoms in total. The van der Waals surface area contributed by atoms with Crippen molar-refractivity contribution < 1.29 is 14.6 Å². The number of methoxy groups -OCH3 is 1. The molecule has 0 aromatic rings. The lowest BCUT2D eigenvalue weighted by atomic mass is 10.3. The van der Waals surface area contributed by atoms with Crippen molar-refractivity contribution in [3.8, 4) is 0 Å². The first-order valence-electron chi connectivity index (χ1n) is 3.72. The second-order valence-corrected chi connectivity index (χ2v) is 2.59. The van der Waals surface area contributed by atoms with Gasteiger partial charge in [0, 0.05) is 25.8 Å². The predicted molar refractivity (Wildman–Crippen MR) is 46.1 cm³/mol. The van der Waals surface area contributed by atoms with Gasteiger partial charge in [0.1, 0.15) is 0 Å². The highest BCUT2D eigenvalue weighted by Gasteiger charge is 2.03. The van der Waals surface area contributed by atoms with Gasteiger partial charge in [0.25, 0.3) is 0 Å². The second-order valence-electron chi connectivity index (χ2n) is 2.59.